The van der Waals surface area contributed by atoms with Gasteiger partial charge in [0, 0.05) is 17.2 Å². The maximum absolute atomic E-state index is 6.07. The second kappa shape index (κ2) is 5.31. The van der Waals surface area contributed by atoms with Gasteiger partial charge in [0.1, 0.15) is 19.0 Å². The molecule has 0 unspecified atom stereocenters. The molecule has 0 saturated heterocycles. The van der Waals surface area contributed by atoms with Crippen molar-refractivity contribution in [3.05, 3.63) is 40.4 Å². The van der Waals surface area contributed by atoms with Crippen LogP contribution in [0.15, 0.2) is 30.3 Å². The molecular weight excluding hydrogens is 301 g/mol. The third-order valence-electron chi connectivity index (χ3n) is 2.79. The van der Waals surface area contributed by atoms with Crippen molar-refractivity contribution in [3.63, 3.8) is 0 Å². The van der Waals surface area contributed by atoms with Gasteiger partial charge in [-0.15, -0.1) is 0 Å². The number of rotatable bonds is 2. The number of hydrogen-bond acceptors (Lipinski definition) is 4. The molecule has 0 atom stereocenters. The molecule has 0 saturated carbocycles. The third kappa shape index (κ3) is 2.57. The molecule has 1 aliphatic heterocycles. The summed E-state index contributed by atoms with van der Waals surface area (Å²) in [6.07, 6.45) is 0. The van der Waals surface area contributed by atoms with E-state index in [2.05, 4.69) is 0 Å². The third-order valence-corrected chi connectivity index (χ3v) is 3.32. The van der Waals surface area contributed by atoms with E-state index in [1.807, 2.05) is 0 Å². The highest BCUT2D eigenvalue weighted by atomic mass is 35.5. The standard InChI is InChI=1S/C14H11Cl2NO3/c15-8-1-2-11(9(16)5-8)20-12-7-14-13(6-10(12)17)18-3-4-19-14/h1-2,5-7H,3-4,17H2. The summed E-state index contributed by atoms with van der Waals surface area (Å²) in [6, 6.07) is 8.34. The van der Waals surface area contributed by atoms with E-state index in [-0.39, 0.29) is 0 Å². The molecule has 2 N–H and O–H groups in total. The number of hydrogen-bond donors (Lipinski definition) is 1. The zero-order valence-electron chi connectivity index (χ0n) is 10.4. The highest BCUT2D eigenvalue weighted by Crippen LogP contribution is 2.41. The predicted molar refractivity (Wildman–Crippen MR) is 78.4 cm³/mol. The lowest BCUT2D eigenvalue weighted by atomic mass is 10.2. The quantitative estimate of drug-likeness (QED) is 0.847. The van der Waals surface area contributed by atoms with E-state index in [9.17, 15) is 0 Å². The Balaban J connectivity index is 1.94. The molecule has 0 amide bonds. The number of nitrogens with two attached hydrogens (primary N) is 1. The average Bonchev–Trinajstić information content (AvgIpc) is 2.42. The van der Waals surface area contributed by atoms with Gasteiger partial charge in [-0.05, 0) is 18.2 Å². The van der Waals surface area contributed by atoms with Crippen molar-refractivity contribution in [2.75, 3.05) is 18.9 Å². The minimum Gasteiger partial charge on any atom is -0.486 e. The predicted octanol–water partition coefficient (Wildman–Crippen LogP) is 4.14. The van der Waals surface area contributed by atoms with Crippen LogP contribution in [0, 0.1) is 0 Å². The van der Waals surface area contributed by atoms with Crippen LogP contribution in [0.4, 0.5) is 5.69 Å². The Labute approximate surface area is 125 Å². The van der Waals surface area contributed by atoms with Crippen LogP contribution in [0.2, 0.25) is 10.0 Å². The van der Waals surface area contributed by atoms with Crippen molar-refractivity contribution in [2.24, 2.45) is 0 Å². The van der Waals surface area contributed by atoms with Gasteiger partial charge in [0.25, 0.3) is 0 Å². The van der Waals surface area contributed by atoms with Gasteiger partial charge in [-0.3, -0.25) is 0 Å². The molecule has 0 radical (unpaired) electrons. The molecule has 0 fully saturated rings. The van der Waals surface area contributed by atoms with Crippen molar-refractivity contribution in [1.29, 1.82) is 0 Å². The van der Waals surface area contributed by atoms with Gasteiger partial charge >= 0.3 is 0 Å². The fourth-order valence-corrected chi connectivity index (χ4v) is 2.30. The smallest absolute Gasteiger partial charge is 0.165 e. The second-order valence-corrected chi connectivity index (χ2v) is 5.05. The summed E-state index contributed by atoms with van der Waals surface area (Å²) in [6.45, 7) is 1.01. The van der Waals surface area contributed by atoms with Gasteiger partial charge in [0.2, 0.25) is 0 Å². The Kier molecular flexibility index (Phi) is 3.51. The fourth-order valence-electron chi connectivity index (χ4n) is 1.85. The van der Waals surface area contributed by atoms with E-state index >= 15 is 0 Å². The lowest BCUT2D eigenvalue weighted by Crippen LogP contribution is -2.15. The molecule has 2 aromatic carbocycles. The minimum absolute atomic E-state index is 0.409. The molecule has 4 nitrogen and oxygen atoms in total. The van der Waals surface area contributed by atoms with Gasteiger partial charge in [-0.25, -0.2) is 0 Å². The Morgan fingerprint density at radius 2 is 1.65 bits per heavy atom. The van der Waals surface area contributed by atoms with Gasteiger partial charge in [-0.1, -0.05) is 23.2 Å². The van der Waals surface area contributed by atoms with Gasteiger partial charge in [0.15, 0.2) is 17.2 Å². The van der Waals surface area contributed by atoms with Crippen LogP contribution in [0.3, 0.4) is 0 Å². The first-order valence-corrected chi connectivity index (χ1v) is 6.71. The molecule has 0 aromatic heterocycles. The Morgan fingerprint density at radius 3 is 2.35 bits per heavy atom. The zero-order valence-corrected chi connectivity index (χ0v) is 11.9. The summed E-state index contributed by atoms with van der Waals surface area (Å²) in [5.41, 5.74) is 6.39. The van der Waals surface area contributed by atoms with E-state index in [1.165, 1.54) is 0 Å². The molecule has 3 rings (SSSR count). The molecule has 104 valence electrons. The molecule has 1 heterocycles. The van der Waals surface area contributed by atoms with Crippen molar-refractivity contribution < 1.29 is 14.2 Å². The first-order valence-electron chi connectivity index (χ1n) is 5.95. The normalized spacial score (nSPS) is 13.1. The SMILES string of the molecule is Nc1cc2c(cc1Oc1ccc(Cl)cc1Cl)OCCO2. The molecule has 20 heavy (non-hydrogen) atoms. The van der Waals surface area contributed by atoms with Crippen LogP contribution >= 0.6 is 23.2 Å². The molecule has 0 bridgehead atoms. The molecule has 2 aromatic rings. The summed E-state index contributed by atoms with van der Waals surface area (Å²) in [7, 11) is 0. The van der Waals surface area contributed by atoms with Crippen molar-refractivity contribution in [1.82, 2.24) is 0 Å². The topological polar surface area (TPSA) is 53.7 Å². The van der Waals surface area contributed by atoms with Crippen molar-refractivity contribution >= 4 is 28.9 Å². The van der Waals surface area contributed by atoms with E-state index in [0.717, 1.165) is 0 Å². The summed E-state index contributed by atoms with van der Waals surface area (Å²) < 4.78 is 16.6. The molecule has 0 spiro atoms. The molecule has 0 aliphatic carbocycles. The maximum atomic E-state index is 6.07. The van der Waals surface area contributed by atoms with Gasteiger partial charge in [0.05, 0.1) is 10.7 Å². The molecule has 1 aliphatic rings. The van der Waals surface area contributed by atoms with Crippen LogP contribution in [0.1, 0.15) is 0 Å². The monoisotopic (exact) mass is 311 g/mol. The van der Waals surface area contributed by atoms with E-state index < -0.39 is 0 Å². The molecule has 6 heteroatoms. The number of halogens is 2. The fraction of sp³-hybridized carbons (Fsp3) is 0.143. The Hall–Kier alpha value is -1.78. The number of ether oxygens (including phenoxy) is 3. The minimum atomic E-state index is 0.409. The molecular formula is C14H11Cl2NO3. The van der Waals surface area contributed by atoms with Crippen LogP contribution in [0.5, 0.6) is 23.0 Å². The highest BCUT2D eigenvalue weighted by Gasteiger charge is 2.16. The van der Waals surface area contributed by atoms with Crippen molar-refractivity contribution in [2.45, 2.75) is 0 Å². The van der Waals surface area contributed by atoms with Crippen LogP contribution in [0.25, 0.3) is 0 Å². The van der Waals surface area contributed by atoms with Crippen LogP contribution < -0.4 is 19.9 Å². The summed E-state index contributed by atoms with van der Waals surface area (Å²) in [5.74, 6) is 2.15. The summed E-state index contributed by atoms with van der Waals surface area (Å²) in [4.78, 5) is 0. The maximum Gasteiger partial charge on any atom is 0.165 e. The van der Waals surface area contributed by atoms with Crippen molar-refractivity contribution in [3.8, 4) is 23.0 Å². The number of anilines is 1. The first-order chi connectivity index (χ1) is 9.63. The number of benzene rings is 2. The highest BCUT2D eigenvalue weighted by molar-refractivity contribution is 6.35. The van der Waals surface area contributed by atoms with E-state index in [0.29, 0.717) is 51.9 Å². The van der Waals surface area contributed by atoms with Crippen LogP contribution in [-0.2, 0) is 0 Å². The van der Waals surface area contributed by atoms with Gasteiger partial charge in [-0.2, -0.15) is 0 Å². The number of fused-ring (bicyclic) bond motifs is 1. The Bertz CT molecular complexity index is 661. The first kappa shape index (κ1) is 13.2. The lowest BCUT2D eigenvalue weighted by molar-refractivity contribution is 0.171. The van der Waals surface area contributed by atoms with E-state index in [4.69, 9.17) is 43.1 Å². The van der Waals surface area contributed by atoms with E-state index in [1.54, 1.807) is 30.3 Å². The average molecular weight is 312 g/mol. The zero-order chi connectivity index (χ0) is 14.1. The van der Waals surface area contributed by atoms with Crippen LogP contribution in [-0.4, -0.2) is 13.2 Å². The summed E-state index contributed by atoms with van der Waals surface area (Å²) >= 11 is 11.9. The second-order valence-electron chi connectivity index (χ2n) is 4.21. The van der Waals surface area contributed by atoms with Gasteiger partial charge < -0.3 is 19.9 Å². The lowest BCUT2D eigenvalue weighted by Gasteiger charge is -2.20. The largest absolute Gasteiger partial charge is 0.486 e. The Morgan fingerprint density at radius 1 is 0.950 bits per heavy atom. The number of nitrogen functional groups attached to an aromatic ring is 1. The summed E-state index contributed by atoms with van der Waals surface area (Å²) in [5, 5.41) is 0.948.